The van der Waals surface area contributed by atoms with Crippen LogP contribution < -0.4 is 21.5 Å². The Morgan fingerprint density at radius 2 is 1.83 bits per heavy atom. The fourth-order valence-corrected chi connectivity index (χ4v) is 4.75. The highest BCUT2D eigenvalue weighted by atomic mass is 19.4. The van der Waals surface area contributed by atoms with Crippen LogP contribution in [0, 0.1) is 28.6 Å². The van der Waals surface area contributed by atoms with Gasteiger partial charge in [-0.15, -0.1) is 0 Å². The molecule has 0 spiro atoms. The van der Waals surface area contributed by atoms with Crippen molar-refractivity contribution < 1.29 is 31.9 Å². The standard InChI is InChI=1S/C33H41F3N6O4/c1-20(2)23(16-29(43)42-41-13-7-6-12-37)18-39-30(33(34,35)36)22-8-10-25-26-14-21(9-11-27(26)45-28(25)15-22)24(17-38)19-40-31(44)46-32(3,4)5/h8-11,14-15,17,19-20,23,30,38-39,41H,6-7,13,16,18H2,1-5H3,(H,40,44)(H,42,43)/b24-19+,38-17?/t23?,30-/m0/s1. The van der Waals surface area contributed by atoms with Gasteiger partial charge in [-0.25, -0.2) is 10.2 Å². The summed E-state index contributed by atoms with van der Waals surface area (Å²) in [6.45, 7) is 9.26. The Morgan fingerprint density at radius 3 is 2.46 bits per heavy atom. The molecule has 248 valence electrons. The van der Waals surface area contributed by atoms with Crippen LogP contribution in [-0.2, 0) is 9.53 Å². The number of carbonyl (C=O) groups is 2. The number of halogens is 3. The summed E-state index contributed by atoms with van der Waals surface area (Å²) in [6.07, 6.45) is -1.95. The third kappa shape index (κ3) is 10.3. The quantitative estimate of drug-likeness (QED) is 0.0730. The predicted octanol–water partition coefficient (Wildman–Crippen LogP) is 6.88. The highest BCUT2D eigenvalue weighted by molar-refractivity contribution is 6.12. The number of alkyl carbamates (subject to hydrolysis) is 1. The van der Waals surface area contributed by atoms with Crippen LogP contribution in [0.15, 0.2) is 47.0 Å². The molecule has 2 amide bonds. The van der Waals surface area contributed by atoms with Crippen molar-refractivity contribution in [2.24, 2.45) is 11.8 Å². The van der Waals surface area contributed by atoms with Crippen molar-refractivity contribution in [1.82, 2.24) is 21.5 Å². The van der Waals surface area contributed by atoms with Gasteiger partial charge in [0.2, 0.25) is 5.91 Å². The summed E-state index contributed by atoms with van der Waals surface area (Å²) < 4.78 is 54.1. The third-order valence-corrected chi connectivity index (χ3v) is 7.18. The van der Waals surface area contributed by atoms with Gasteiger partial charge in [-0.3, -0.25) is 15.5 Å². The topological polar surface area (TPSA) is 152 Å². The number of amides is 2. The number of unbranched alkanes of at least 4 members (excludes halogenated alkanes) is 1. The first-order valence-corrected chi connectivity index (χ1v) is 15.0. The SMILES string of the molecule is CC(C)C(CN[C@@H](c1ccc2c(c1)oc1ccc(/C(C=N)=C/NC(=O)OC(C)(C)C)cc12)C(F)(F)F)CC(=O)NNCCCC#N. The molecule has 13 heteroatoms. The molecule has 0 saturated heterocycles. The summed E-state index contributed by atoms with van der Waals surface area (Å²) in [5.74, 6) is -0.789. The van der Waals surface area contributed by atoms with E-state index in [9.17, 15) is 22.8 Å². The number of fused-ring (bicyclic) bond motifs is 3. The molecule has 1 unspecified atom stereocenters. The van der Waals surface area contributed by atoms with E-state index in [2.05, 4.69) is 21.5 Å². The summed E-state index contributed by atoms with van der Waals surface area (Å²) in [5, 5.41) is 22.8. The number of alkyl halides is 3. The number of nitrogens with one attached hydrogen (secondary N) is 5. The van der Waals surface area contributed by atoms with Crippen LogP contribution in [0.25, 0.3) is 27.5 Å². The molecule has 3 rings (SSSR count). The first-order valence-electron chi connectivity index (χ1n) is 15.0. The van der Waals surface area contributed by atoms with Crippen molar-refractivity contribution in [1.29, 1.82) is 10.7 Å². The number of hydrazine groups is 1. The molecule has 0 bridgehead atoms. The Labute approximate surface area is 266 Å². The Balaban J connectivity index is 1.80. The van der Waals surface area contributed by atoms with Crippen molar-refractivity contribution >= 4 is 45.7 Å². The third-order valence-electron chi connectivity index (χ3n) is 7.18. The second kappa shape index (κ2) is 15.7. The van der Waals surface area contributed by atoms with Crippen LogP contribution >= 0.6 is 0 Å². The van der Waals surface area contributed by atoms with Gasteiger partial charge in [-0.2, -0.15) is 18.4 Å². The zero-order valence-corrected chi connectivity index (χ0v) is 26.6. The molecule has 0 aliphatic heterocycles. The molecule has 46 heavy (non-hydrogen) atoms. The molecule has 0 saturated carbocycles. The number of furan rings is 1. The lowest BCUT2D eigenvalue weighted by molar-refractivity contribution is -0.158. The molecular weight excluding hydrogens is 601 g/mol. The highest BCUT2D eigenvalue weighted by Gasteiger charge is 2.41. The minimum Gasteiger partial charge on any atom is -0.456 e. The lowest BCUT2D eigenvalue weighted by atomic mass is 9.91. The van der Waals surface area contributed by atoms with Crippen molar-refractivity contribution in [3.63, 3.8) is 0 Å². The molecule has 0 aliphatic rings. The van der Waals surface area contributed by atoms with Gasteiger partial charge >= 0.3 is 12.3 Å². The Hall–Kier alpha value is -4.41. The predicted molar refractivity (Wildman–Crippen MR) is 171 cm³/mol. The van der Waals surface area contributed by atoms with Gasteiger partial charge in [0, 0.05) is 48.1 Å². The molecule has 1 heterocycles. The molecule has 2 aromatic carbocycles. The van der Waals surface area contributed by atoms with Crippen LogP contribution in [0.4, 0.5) is 18.0 Å². The van der Waals surface area contributed by atoms with Crippen LogP contribution in [0.1, 0.15) is 71.0 Å². The van der Waals surface area contributed by atoms with Crippen LogP contribution in [0.3, 0.4) is 0 Å². The Bertz CT molecular complexity index is 1600. The number of nitrogens with zero attached hydrogens (tertiary/aromatic N) is 1. The van der Waals surface area contributed by atoms with Crippen LogP contribution in [0.2, 0.25) is 0 Å². The van der Waals surface area contributed by atoms with E-state index >= 15 is 0 Å². The minimum absolute atomic E-state index is 0.0188. The second-order valence-corrected chi connectivity index (χ2v) is 12.3. The molecule has 10 nitrogen and oxygen atoms in total. The van der Waals surface area contributed by atoms with Crippen LogP contribution in [-0.4, -0.2) is 43.1 Å². The second-order valence-electron chi connectivity index (χ2n) is 12.3. The van der Waals surface area contributed by atoms with E-state index < -0.39 is 23.9 Å². The molecule has 0 aliphatic carbocycles. The first kappa shape index (κ1) is 36.1. The summed E-state index contributed by atoms with van der Waals surface area (Å²) in [5.41, 5.74) is 6.23. The number of nitriles is 1. The van der Waals surface area contributed by atoms with E-state index in [1.807, 2.05) is 19.9 Å². The van der Waals surface area contributed by atoms with Gasteiger partial charge in [0.05, 0.1) is 6.07 Å². The van der Waals surface area contributed by atoms with Gasteiger partial charge in [0.15, 0.2) is 0 Å². The largest absolute Gasteiger partial charge is 0.456 e. The lowest BCUT2D eigenvalue weighted by Gasteiger charge is -2.27. The molecule has 2 atom stereocenters. The number of carbonyl (C=O) groups excluding carboxylic acids is 2. The summed E-state index contributed by atoms with van der Waals surface area (Å²) in [4.78, 5) is 24.5. The Morgan fingerprint density at radius 1 is 1.09 bits per heavy atom. The van der Waals surface area contributed by atoms with Gasteiger partial charge in [-0.05, 0) is 74.9 Å². The minimum atomic E-state index is -4.62. The Kier molecular flexibility index (Phi) is 12.3. The monoisotopic (exact) mass is 642 g/mol. The average molecular weight is 643 g/mol. The van der Waals surface area contributed by atoms with E-state index in [0.29, 0.717) is 46.9 Å². The van der Waals surface area contributed by atoms with Gasteiger partial charge < -0.3 is 19.9 Å². The van der Waals surface area contributed by atoms with Gasteiger partial charge in [0.1, 0.15) is 22.8 Å². The molecule has 1 aromatic heterocycles. The van der Waals surface area contributed by atoms with Crippen molar-refractivity contribution in [3.8, 4) is 6.07 Å². The number of rotatable bonds is 14. The normalized spacial score (nSPS) is 13.8. The number of benzene rings is 2. The smallest absolute Gasteiger partial charge is 0.411 e. The van der Waals surface area contributed by atoms with Crippen LogP contribution in [0.5, 0.6) is 0 Å². The maximum Gasteiger partial charge on any atom is 0.411 e. The van der Waals surface area contributed by atoms with Gasteiger partial charge in [0.25, 0.3) is 0 Å². The number of hydrogen-bond donors (Lipinski definition) is 5. The van der Waals surface area contributed by atoms with Crippen molar-refractivity contribution in [2.75, 3.05) is 13.1 Å². The maximum atomic E-state index is 14.3. The van der Waals surface area contributed by atoms with Gasteiger partial charge in [-0.1, -0.05) is 32.0 Å². The van der Waals surface area contributed by atoms with Crippen molar-refractivity contribution in [2.45, 2.75) is 71.7 Å². The average Bonchev–Trinajstić information content (AvgIpc) is 3.32. The summed E-state index contributed by atoms with van der Waals surface area (Å²) in [6, 6.07) is 9.42. The van der Waals surface area contributed by atoms with E-state index in [1.54, 1.807) is 45.0 Å². The molecule has 3 aromatic rings. The van der Waals surface area contributed by atoms with Crippen molar-refractivity contribution in [3.05, 3.63) is 53.7 Å². The lowest BCUT2D eigenvalue weighted by Crippen LogP contribution is -2.42. The summed E-state index contributed by atoms with van der Waals surface area (Å²) >= 11 is 0. The first-order chi connectivity index (χ1) is 21.6. The maximum absolute atomic E-state index is 14.3. The molecule has 0 fully saturated rings. The fourth-order valence-electron chi connectivity index (χ4n) is 4.75. The molecule has 0 radical (unpaired) electrons. The zero-order valence-electron chi connectivity index (χ0n) is 26.6. The number of ether oxygens (including phenoxy) is 1. The van der Waals surface area contributed by atoms with E-state index in [0.717, 1.165) is 6.21 Å². The number of hydrogen-bond acceptors (Lipinski definition) is 8. The molecular formula is C33H41F3N6O4. The van der Waals surface area contributed by atoms with E-state index in [-0.39, 0.29) is 41.9 Å². The molecule has 5 N–H and O–H groups in total. The zero-order chi connectivity index (χ0) is 34.1. The fraction of sp³-hybridized carbons (Fsp3) is 0.455. The number of allylic oxidation sites excluding steroid dienone is 1. The summed E-state index contributed by atoms with van der Waals surface area (Å²) in [7, 11) is 0. The highest BCUT2D eigenvalue weighted by Crippen LogP contribution is 2.37. The van der Waals surface area contributed by atoms with E-state index in [4.69, 9.17) is 19.8 Å². The van der Waals surface area contributed by atoms with E-state index in [1.165, 1.54) is 18.3 Å².